The number of rotatable bonds is 6. The molecule has 0 aromatic carbocycles. The number of aromatic nitrogens is 3. The predicted octanol–water partition coefficient (Wildman–Crippen LogP) is 3.37. The SMILES string of the molecule is CCCNC(Cc1c(Cl)c(C)nn1C)c1ccc(C)nc1. The normalized spacial score (nSPS) is 12.6. The largest absolute Gasteiger partial charge is 0.310 e. The van der Waals surface area contributed by atoms with Crippen molar-refractivity contribution in [1.29, 1.82) is 0 Å². The summed E-state index contributed by atoms with van der Waals surface area (Å²) in [7, 11) is 1.94. The summed E-state index contributed by atoms with van der Waals surface area (Å²) in [6.45, 7) is 7.07. The van der Waals surface area contributed by atoms with Crippen LogP contribution >= 0.6 is 11.6 Å². The van der Waals surface area contributed by atoms with Gasteiger partial charge in [-0.25, -0.2) is 0 Å². The zero-order chi connectivity index (χ0) is 15.4. The molecular formula is C16H23ClN4. The molecule has 0 aliphatic heterocycles. The van der Waals surface area contributed by atoms with E-state index in [1.807, 2.05) is 37.8 Å². The topological polar surface area (TPSA) is 42.7 Å². The molecule has 0 saturated carbocycles. The molecular weight excluding hydrogens is 284 g/mol. The van der Waals surface area contributed by atoms with Gasteiger partial charge in [0.15, 0.2) is 0 Å². The van der Waals surface area contributed by atoms with E-state index in [0.717, 1.165) is 41.5 Å². The van der Waals surface area contributed by atoms with E-state index in [2.05, 4.69) is 28.4 Å². The zero-order valence-electron chi connectivity index (χ0n) is 13.2. The summed E-state index contributed by atoms with van der Waals surface area (Å²) >= 11 is 6.38. The Bertz CT molecular complexity index is 589. The van der Waals surface area contributed by atoms with Crippen LogP contribution in [-0.4, -0.2) is 21.3 Å². The van der Waals surface area contributed by atoms with Gasteiger partial charge < -0.3 is 5.32 Å². The van der Waals surface area contributed by atoms with Crippen molar-refractivity contribution < 1.29 is 0 Å². The Balaban J connectivity index is 2.25. The first-order chi connectivity index (χ1) is 10.0. The van der Waals surface area contributed by atoms with Gasteiger partial charge in [-0.2, -0.15) is 5.10 Å². The van der Waals surface area contributed by atoms with Gasteiger partial charge in [-0.15, -0.1) is 0 Å². The fraction of sp³-hybridized carbons (Fsp3) is 0.500. The van der Waals surface area contributed by atoms with Crippen LogP contribution in [0.1, 0.15) is 42.0 Å². The average Bonchev–Trinajstić information content (AvgIpc) is 2.70. The number of halogens is 1. The molecule has 1 unspecified atom stereocenters. The minimum Gasteiger partial charge on any atom is -0.310 e. The van der Waals surface area contributed by atoms with Crippen molar-refractivity contribution in [1.82, 2.24) is 20.1 Å². The molecule has 0 aliphatic rings. The maximum atomic E-state index is 6.38. The lowest BCUT2D eigenvalue weighted by Crippen LogP contribution is -2.25. The van der Waals surface area contributed by atoms with Crippen molar-refractivity contribution in [3.8, 4) is 0 Å². The lowest BCUT2D eigenvalue weighted by molar-refractivity contribution is 0.511. The van der Waals surface area contributed by atoms with Gasteiger partial charge >= 0.3 is 0 Å². The Labute approximate surface area is 131 Å². The summed E-state index contributed by atoms with van der Waals surface area (Å²) in [5, 5.41) is 8.74. The molecule has 2 rings (SSSR count). The van der Waals surface area contributed by atoms with Crippen molar-refractivity contribution >= 4 is 11.6 Å². The van der Waals surface area contributed by atoms with Crippen molar-refractivity contribution in [3.63, 3.8) is 0 Å². The molecule has 4 nitrogen and oxygen atoms in total. The molecule has 1 N–H and O–H groups in total. The van der Waals surface area contributed by atoms with Gasteiger partial charge in [-0.1, -0.05) is 24.6 Å². The van der Waals surface area contributed by atoms with Crippen LogP contribution in [-0.2, 0) is 13.5 Å². The van der Waals surface area contributed by atoms with Gasteiger partial charge in [-0.3, -0.25) is 9.67 Å². The van der Waals surface area contributed by atoms with Crippen LogP contribution in [0.25, 0.3) is 0 Å². The van der Waals surface area contributed by atoms with Gasteiger partial charge in [0.2, 0.25) is 0 Å². The summed E-state index contributed by atoms with van der Waals surface area (Å²) in [5.41, 5.74) is 4.15. The zero-order valence-corrected chi connectivity index (χ0v) is 13.9. The summed E-state index contributed by atoms with van der Waals surface area (Å²) in [6.07, 6.45) is 3.84. The van der Waals surface area contributed by atoms with Crippen LogP contribution in [0.2, 0.25) is 5.02 Å². The molecule has 0 fully saturated rings. The van der Waals surface area contributed by atoms with E-state index in [1.165, 1.54) is 5.56 Å². The van der Waals surface area contributed by atoms with Gasteiger partial charge in [0, 0.05) is 31.4 Å². The van der Waals surface area contributed by atoms with E-state index >= 15 is 0 Å². The number of aryl methyl sites for hydroxylation is 3. The van der Waals surface area contributed by atoms with Crippen LogP contribution in [0.3, 0.4) is 0 Å². The van der Waals surface area contributed by atoms with Gasteiger partial charge in [-0.05, 0) is 38.4 Å². The summed E-state index contributed by atoms with van der Waals surface area (Å²) in [4.78, 5) is 4.40. The first-order valence-corrected chi connectivity index (χ1v) is 7.74. The van der Waals surface area contributed by atoms with E-state index in [1.54, 1.807) is 0 Å². The first-order valence-electron chi connectivity index (χ1n) is 7.36. The molecule has 1 atom stereocenters. The highest BCUT2D eigenvalue weighted by Crippen LogP contribution is 2.25. The number of nitrogens with one attached hydrogen (secondary N) is 1. The monoisotopic (exact) mass is 306 g/mol. The Morgan fingerprint density at radius 3 is 2.62 bits per heavy atom. The number of nitrogens with zero attached hydrogens (tertiary/aromatic N) is 3. The minimum absolute atomic E-state index is 0.199. The van der Waals surface area contributed by atoms with Crippen molar-refractivity contribution in [2.24, 2.45) is 7.05 Å². The molecule has 0 radical (unpaired) electrons. The fourth-order valence-corrected chi connectivity index (χ4v) is 2.64. The van der Waals surface area contributed by atoms with Gasteiger partial charge in [0.1, 0.15) is 0 Å². The highest BCUT2D eigenvalue weighted by atomic mass is 35.5. The molecule has 0 aliphatic carbocycles. The highest BCUT2D eigenvalue weighted by molar-refractivity contribution is 6.31. The van der Waals surface area contributed by atoms with Gasteiger partial charge in [0.05, 0.1) is 16.4 Å². The highest BCUT2D eigenvalue weighted by Gasteiger charge is 2.18. The number of hydrogen-bond acceptors (Lipinski definition) is 3. The van der Waals surface area contributed by atoms with Gasteiger partial charge in [0.25, 0.3) is 0 Å². The van der Waals surface area contributed by atoms with E-state index < -0.39 is 0 Å². The van der Waals surface area contributed by atoms with Crippen molar-refractivity contribution in [3.05, 3.63) is 46.0 Å². The van der Waals surface area contributed by atoms with E-state index in [0.29, 0.717) is 0 Å². The second kappa shape index (κ2) is 7.05. The molecule has 2 aromatic heterocycles. The van der Waals surface area contributed by atoms with Crippen LogP contribution in [0.5, 0.6) is 0 Å². The standard InChI is InChI=1S/C16H23ClN4/c1-5-8-18-14(13-7-6-11(2)19-10-13)9-15-16(17)12(3)20-21(15)4/h6-7,10,14,18H,5,8-9H2,1-4H3. The second-order valence-electron chi connectivity index (χ2n) is 5.41. The summed E-state index contributed by atoms with van der Waals surface area (Å²) in [5.74, 6) is 0. The van der Waals surface area contributed by atoms with Crippen molar-refractivity contribution in [2.45, 2.75) is 39.7 Å². The third-order valence-electron chi connectivity index (χ3n) is 3.64. The third-order valence-corrected chi connectivity index (χ3v) is 4.13. The molecule has 114 valence electrons. The Morgan fingerprint density at radius 1 is 1.33 bits per heavy atom. The summed E-state index contributed by atoms with van der Waals surface area (Å²) < 4.78 is 1.87. The third kappa shape index (κ3) is 3.83. The average molecular weight is 307 g/mol. The van der Waals surface area contributed by atoms with E-state index in [9.17, 15) is 0 Å². The van der Waals surface area contributed by atoms with Crippen molar-refractivity contribution in [2.75, 3.05) is 6.54 Å². The van der Waals surface area contributed by atoms with Crippen LogP contribution in [0.15, 0.2) is 18.3 Å². The molecule has 0 amide bonds. The predicted molar refractivity (Wildman–Crippen MR) is 86.7 cm³/mol. The lowest BCUT2D eigenvalue weighted by atomic mass is 10.0. The molecule has 0 spiro atoms. The summed E-state index contributed by atoms with van der Waals surface area (Å²) in [6, 6.07) is 4.38. The molecule has 2 heterocycles. The number of hydrogen-bond donors (Lipinski definition) is 1. The molecule has 5 heteroatoms. The molecule has 2 aromatic rings. The molecule has 21 heavy (non-hydrogen) atoms. The lowest BCUT2D eigenvalue weighted by Gasteiger charge is -2.19. The van der Waals surface area contributed by atoms with Crippen LogP contribution < -0.4 is 5.32 Å². The fourth-order valence-electron chi connectivity index (χ4n) is 2.41. The number of pyridine rings is 1. The smallest absolute Gasteiger partial charge is 0.0847 e. The van der Waals surface area contributed by atoms with Crippen LogP contribution in [0, 0.1) is 13.8 Å². The minimum atomic E-state index is 0.199. The first kappa shape index (κ1) is 16.0. The molecule has 0 bridgehead atoms. The van der Waals surface area contributed by atoms with E-state index in [4.69, 9.17) is 11.6 Å². The Hall–Kier alpha value is -1.39. The second-order valence-corrected chi connectivity index (χ2v) is 5.79. The quantitative estimate of drug-likeness (QED) is 0.890. The Kier molecular flexibility index (Phi) is 5.37. The maximum Gasteiger partial charge on any atom is 0.0847 e. The maximum absolute atomic E-state index is 6.38. The Morgan fingerprint density at radius 2 is 2.10 bits per heavy atom. The van der Waals surface area contributed by atoms with Crippen LogP contribution in [0.4, 0.5) is 0 Å². The van der Waals surface area contributed by atoms with E-state index in [-0.39, 0.29) is 6.04 Å². The molecule has 0 saturated heterocycles.